The first kappa shape index (κ1) is 19.8. The van der Waals surface area contributed by atoms with Crippen molar-refractivity contribution >= 4 is 15.9 Å². The van der Waals surface area contributed by atoms with Gasteiger partial charge in [0.2, 0.25) is 0 Å². The van der Waals surface area contributed by atoms with Gasteiger partial charge in [0, 0.05) is 11.0 Å². The maximum Gasteiger partial charge on any atom is 0.161 e. The van der Waals surface area contributed by atoms with Crippen LogP contribution in [0, 0.1) is 0 Å². The molecule has 1 N–H and O–H groups in total. The smallest absolute Gasteiger partial charge is 0.161 e. The Balaban J connectivity index is 1.86. The molecule has 0 saturated carbocycles. The molecule has 2 aromatic rings. The van der Waals surface area contributed by atoms with Crippen molar-refractivity contribution in [2.24, 2.45) is 0 Å². The van der Waals surface area contributed by atoms with Crippen LogP contribution in [0.3, 0.4) is 0 Å². The van der Waals surface area contributed by atoms with Gasteiger partial charge in [0.15, 0.2) is 11.5 Å². The molecule has 2 rings (SSSR count). The third kappa shape index (κ3) is 7.06. The summed E-state index contributed by atoms with van der Waals surface area (Å²) in [6, 6.07) is 14.2. The van der Waals surface area contributed by atoms with Crippen LogP contribution in [0.4, 0.5) is 0 Å². The molecule has 25 heavy (non-hydrogen) atoms. The average Bonchev–Trinajstić information content (AvgIpc) is 2.61. The molecular weight excluding hydrogens is 380 g/mol. The SMILES string of the molecule is COc1cc(CNCCCN(C)C)ccc1OCc1ccc(Br)cc1. The molecule has 0 unspecified atom stereocenters. The molecule has 0 aromatic heterocycles. The minimum absolute atomic E-state index is 0.520. The normalized spacial score (nSPS) is 10.9. The quantitative estimate of drug-likeness (QED) is 0.602. The summed E-state index contributed by atoms with van der Waals surface area (Å²) in [5.41, 5.74) is 2.31. The molecule has 0 heterocycles. The monoisotopic (exact) mass is 406 g/mol. The minimum Gasteiger partial charge on any atom is -0.493 e. The number of halogens is 1. The zero-order valence-corrected chi connectivity index (χ0v) is 16.8. The molecule has 0 atom stereocenters. The van der Waals surface area contributed by atoms with Crippen LogP contribution >= 0.6 is 15.9 Å². The molecule has 0 spiro atoms. The number of benzene rings is 2. The largest absolute Gasteiger partial charge is 0.493 e. The van der Waals surface area contributed by atoms with Crippen molar-refractivity contribution in [3.8, 4) is 11.5 Å². The number of hydrogen-bond donors (Lipinski definition) is 1. The molecule has 0 aliphatic carbocycles. The summed E-state index contributed by atoms with van der Waals surface area (Å²) < 4.78 is 12.5. The van der Waals surface area contributed by atoms with Gasteiger partial charge in [0.25, 0.3) is 0 Å². The van der Waals surface area contributed by atoms with Crippen LogP contribution in [0.5, 0.6) is 11.5 Å². The molecule has 4 nitrogen and oxygen atoms in total. The van der Waals surface area contributed by atoms with Crippen LogP contribution in [0.2, 0.25) is 0 Å². The van der Waals surface area contributed by atoms with Gasteiger partial charge in [-0.15, -0.1) is 0 Å². The van der Waals surface area contributed by atoms with Crippen molar-refractivity contribution in [3.63, 3.8) is 0 Å². The van der Waals surface area contributed by atoms with Crippen molar-refractivity contribution in [2.45, 2.75) is 19.6 Å². The number of hydrogen-bond acceptors (Lipinski definition) is 4. The van der Waals surface area contributed by atoms with Gasteiger partial charge < -0.3 is 19.7 Å². The third-order valence-electron chi connectivity index (χ3n) is 3.82. The van der Waals surface area contributed by atoms with Crippen LogP contribution in [0.25, 0.3) is 0 Å². The van der Waals surface area contributed by atoms with E-state index in [9.17, 15) is 0 Å². The zero-order chi connectivity index (χ0) is 18.1. The first-order valence-corrected chi connectivity index (χ1v) is 9.27. The Morgan fingerprint density at radius 3 is 2.40 bits per heavy atom. The van der Waals surface area contributed by atoms with Gasteiger partial charge in [0.1, 0.15) is 6.61 Å². The fourth-order valence-corrected chi connectivity index (χ4v) is 2.70. The zero-order valence-electron chi connectivity index (χ0n) is 15.2. The second-order valence-corrected chi connectivity index (χ2v) is 7.15. The van der Waals surface area contributed by atoms with Crippen LogP contribution in [-0.2, 0) is 13.2 Å². The Kier molecular flexibility index (Phi) is 8.25. The summed E-state index contributed by atoms with van der Waals surface area (Å²) >= 11 is 3.44. The van der Waals surface area contributed by atoms with E-state index >= 15 is 0 Å². The Morgan fingerprint density at radius 2 is 1.72 bits per heavy atom. The molecule has 0 aliphatic rings. The Hall–Kier alpha value is -1.56. The summed E-state index contributed by atoms with van der Waals surface area (Å²) in [5, 5.41) is 3.46. The third-order valence-corrected chi connectivity index (χ3v) is 4.35. The lowest BCUT2D eigenvalue weighted by atomic mass is 10.2. The van der Waals surface area contributed by atoms with Gasteiger partial charge in [-0.1, -0.05) is 34.1 Å². The number of methoxy groups -OCH3 is 1. The summed E-state index contributed by atoms with van der Waals surface area (Å²) in [4.78, 5) is 2.20. The first-order chi connectivity index (χ1) is 12.1. The van der Waals surface area contributed by atoms with Crippen molar-refractivity contribution in [2.75, 3.05) is 34.3 Å². The summed E-state index contributed by atoms with van der Waals surface area (Å²) in [5.74, 6) is 1.53. The minimum atomic E-state index is 0.520. The molecule has 0 saturated heterocycles. The van der Waals surface area contributed by atoms with E-state index in [2.05, 4.69) is 46.3 Å². The first-order valence-electron chi connectivity index (χ1n) is 8.48. The highest BCUT2D eigenvalue weighted by atomic mass is 79.9. The van der Waals surface area contributed by atoms with E-state index < -0.39 is 0 Å². The highest BCUT2D eigenvalue weighted by Gasteiger charge is 2.06. The predicted octanol–water partition coefficient (Wildman–Crippen LogP) is 4.08. The molecule has 0 radical (unpaired) electrons. The number of rotatable bonds is 10. The van der Waals surface area contributed by atoms with E-state index in [0.717, 1.165) is 47.6 Å². The van der Waals surface area contributed by atoms with Crippen LogP contribution in [0.1, 0.15) is 17.5 Å². The maximum absolute atomic E-state index is 5.91. The van der Waals surface area contributed by atoms with Gasteiger partial charge in [-0.25, -0.2) is 0 Å². The van der Waals surface area contributed by atoms with Crippen LogP contribution in [0.15, 0.2) is 46.9 Å². The van der Waals surface area contributed by atoms with E-state index in [0.29, 0.717) is 6.61 Å². The van der Waals surface area contributed by atoms with Gasteiger partial charge in [0.05, 0.1) is 7.11 Å². The maximum atomic E-state index is 5.91. The Labute approximate surface area is 159 Å². The lowest BCUT2D eigenvalue weighted by molar-refractivity contribution is 0.284. The highest BCUT2D eigenvalue weighted by molar-refractivity contribution is 9.10. The second kappa shape index (κ2) is 10.4. The number of nitrogens with zero attached hydrogens (tertiary/aromatic N) is 1. The van der Waals surface area contributed by atoms with E-state index in [4.69, 9.17) is 9.47 Å². The van der Waals surface area contributed by atoms with E-state index in [-0.39, 0.29) is 0 Å². The fourth-order valence-electron chi connectivity index (χ4n) is 2.44. The summed E-state index contributed by atoms with van der Waals surface area (Å²) in [6.07, 6.45) is 1.14. The van der Waals surface area contributed by atoms with Crippen molar-refractivity contribution < 1.29 is 9.47 Å². The van der Waals surface area contributed by atoms with Gasteiger partial charge in [-0.3, -0.25) is 0 Å². The molecule has 136 valence electrons. The molecule has 2 aromatic carbocycles. The second-order valence-electron chi connectivity index (χ2n) is 6.23. The van der Waals surface area contributed by atoms with E-state index in [1.54, 1.807) is 7.11 Å². The topological polar surface area (TPSA) is 33.7 Å². The van der Waals surface area contributed by atoms with Crippen molar-refractivity contribution in [3.05, 3.63) is 58.1 Å². The highest BCUT2D eigenvalue weighted by Crippen LogP contribution is 2.29. The Morgan fingerprint density at radius 1 is 1.00 bits per heavy atom. The van der Waals surface area contributed by atoms with E-state index in [1.165, 1.54) is 5.56 Å². The molecule has 0 amide bonds. The summed E-state index contributed by atoms with van der Waals surface area (Å²) in [7, 11) is 5.87. The predicted molar refractivity (Wildman–Crippen MR) is 106 cm³/mol. The van der Waals surface area contributed by atoms with Gasteiger partial charge in [-0.05, 0) is 69.0 Å². The molecule has 5 heteroatoms. The molecule has 0 fully saturated rings. The molecule has 0 aliphatic heterocycles. The molecule has 0 bridgehead atoms. The van der Waals surface area contributed by atoms with Crippen molar-refractivity contribution in [1.29, 1.82) is 0 Å². The standard InChI is InChI=1S/C20H27BrN2O2/c1-23(2)12-4-11-22-14-17-7-10-19(20(13-17)24-3)25-15-16-5-8-18(21)9-6-16/h5-10,13,22H,4,11-12,14-15H2,1-3H3. The Bertz CT molecular complexity index is 645. The van der Waals surface area contributed by atoms with Crippen molar-refractivity contribution in [1.82, 2.24) is 10.2 Å². The lowest BCUT2D eigenvalue weighted by Crippen LogP contribution is -2.21. The number of ether oxygens (including phenoxy) is 2. The van der Waals surface area contributed by atoms with Gasteiger partial charge in [-0.2, -0.15) is 0 Å². The van der Waals surface area contributed by atoms with Crippen LogP contribution in [-0.4, -0.2) is 39.2 Å². The number of nitrogens with one attached hydrogen (secondary N) is 1. The van der Waals surface area contributed by atoms with Crippen LogP contribution < -0.4 is 14.8 Å². The average molecular weight is 407 g/mol. The van der Waals surface area contributed by atoms with E-state index in [1.807, 2.05) is 36.4 Å². The lowest BCUT2D eigenvalue weighted by Gasteiger charge is -2.13. The molecular formula is C20H27BrN2O2. The van der Waals surface area contributed by atoms with Gasteiger partial charge >= 0.3 is 0 Å². The fraction of sp³-hybridized carbons (Fsp3) is 0.400. The summed E-state index contributed by atoms with van der Waals surface area (Å²) in [6.45, 7) is 3.45.